The minimum absolute atomic E-state index is 0.835. The molecular weight excluding hydrogens is 643 g/mol. The van der Waals surface area contributed by atoms with Gasteiger partial charge in [0.05, 0.1) is 22.4 Å². The van der Waals surface area contributed by atoms with Gasteiger partial charge in [-0.1, -0.05) is 66.7 Å². The van der Waals surface area contributed by atoms with Gasteiger partial charge in [-0.25, -0.2) is 0 Å². The largest absolute Gasteiger partial charge is 0.456 e. The van der Waals surface area contributed by atoms with E-state index in [-0.39, 0.29) is 0 Å². The zero-order chi connectivity index (χ0) is 33.5. The summed E-state index contributed by atoms with van der Waals surface area (Å²) in [7, 11) is 0. The number of benzene rings is 6. The molecule has 0 aliphatic rings. The van der Waals surface area contributed by atoms with Crippen molar-refractivity contribution in [2.45, 2.75) is 0 Å². The molecule has 0 bridgehead atoms. The first-order valence-electron chi connectivity index (χ1n) is 17.0. The third-order valence-corrected chi connectivity index (χ3v) is 11.3. The first-order chi connectivity index (χ1) is 25.2. The molecule has 0 unspecified atom stereocenters. The average molecular weight is 670 g/mol. The van der Waals surface area contributed by atoms with Crippen LogP contribution >= 0.6 is 11.3 Å². The van der Waals surface area contributed by atoms with Crippen molar-refractivity contribution < 1.29 is 4.42 Å². The molecule has 0 fully saturated rings. The van der Waals surface area contributed by atoms with Gasteiger partial charge in [-0.15, -0.1) is 11.3 Å². The van der Waals surface area contributed by atoms with Crippen molar-refractivity contribution in [3.63, 3.8) is 0 Å². The van der Waals surface area contributed by atoms with Crippen LogP contribution in [-0.2, 0) is 0 Å². The lowest BCUT2D eigenvalue weighted by Crippen LogP contribution is -1.93. The normalized spacial score (nSPS) is 11.9. The van der Waals surface area contributed by atoms with Gasteiger partial charge >= 0.3 is 0 Å². The second kappa shape index (κ2) is 11.0. The zero-order valence-corrected chi connectivity index (χ0v) is 28.1. The van der Waals surface area contributed by atoms with Crippen LogP contribution in [0, 0.1) is 0 Å². The number of rotatable bonds is 4. The smallest absolute Gasteiger partial charge is 0.135 e. The summed E-state index contributed by atoms with van der Waals surface area (Å²) in [6, 6.07) is 53.9. The van der Waals surface area contributed by atoms with Crippen LogP contribution in [0.25, 0.3) is 103 Å². The van der Waals surface area contributed by atoms with Gasteiger partial charge in [0.2, 0.25) is 0 Å². The SMILES string of the molecule is c1ccc2c(c1)sc1ccc(-c3ccnc(-c4cc(-c5ccc6oc7ccc(-n8c9ccccc9c9ccccc98)cc7c6c5)ccn4)c3)cc12. The van der Waals surface area contributed by atoms with Crippen LogP contribution in [-0.4, -0.2) is 14.5 Å². The summed E-state index contributed by atoms with van der Waals surface area (Å²) in [5.41, 5.74) is 11.4. The van der Waals surface area contributed by atoms with E-state index in [2.05, 4.69) is 156 Å². The van der Waals surface area contributed by atoms with Gasteiger partial charge in [-0.2, -0.15) is 0 Å². The third-order valence-electron chi connectivity index (χ3n) is 10.1. The van der Waals surface area contributed by atoms with Gasteiger partial charge in [0.1, 0.15) is 11.2 Å². The minimum Gasteiger partial charge on any atom is -0.456 e. The summed E-state index contributed by atoms with van der Waals surface area (Å²) < 4.78 is 11.3. The number of aromatic nitrogens is 3. The van der Waals surface area contributed by atoms with Gasteiger partial charge in [0.15, 0.2) is 0 Å². The molecule has 0 N–H and O–H groups in total. The predicted octanol–water partition coefficient (Wildman–Crippen LogP) is 12.8. The highest BCUT2D eigenvalue weighted by atomic mass is 32.1. The first-order valence-corrected chi connectivity index (χ1v) is 17.9. The fourth-order valence-electron chi connectivity index (χ4n) is 7.69. The Hall–Kier alpha value is -6.56. The van der Waals surface area contributed by atoms with Crippen LogP contribution in [0.5, 0.6) is 0 Å². The molecule has 11 rings (SSSR count). The molecule has 0 saturated carbocycles. The van der Waals surface area contributed by atoms with Gasteiger partial charge in [-0.05, 0) is 107 Å². The first kappa shape index (κ1) is 28.3. The maximum Gasteiger partial charge on any atom is 0.135 e. The summed E-state index contributed by atoms with van der Waals surface area (Å²) in [4.78, 5) is 9.52. The highest BCUT2D eigenvalue weighted by Gasteiger charge is 2.15. The monoisotopic (exact) mass is 669 g/mol. The van der Waals surface area contributed by atoms with Crippen LogP contribution in [0.4, 0.5) is 0 Å². The van der Waals surface area contributed by atoms with Crippen molar-refractivity contribution in [2.75, 3.05) is 0 Å². The standard InChI is InChI=1S/C46H27N3OS/c1-4-10-41-33(7-1)34-8-2-5-11-42(34)49(41)32-15-17-44-37(27-32)36-23-28(13-16-43(36)50-44)30-19-21-47-39(25-30)40-26-31(20-22-48-40)29-14-18-46-38(24-29)35-9-3-6-12-45(35)51-46/h1-27H. The van der Waals surface area contributed by atoms with E-state index in [9.17, 15) is 0 Å². The molecule has 5 aromatic heterocycles. The van der Waals surface area contributed by atoms with Crippen LogP contribution in [0.1, 0.15) is 0 Å². The number of thiophene rings is 1. The number of furan rings is 1. The van der Waals surface area contributed by atoms with E-state index in [4.69, 9.17) is 14.4 Å². The summed E-state index contributed by atoms with van der Waals surface area (Å²) in [6.07, 6.45) is 3.76. The van der Waals surface area contributed by atoms with Crippen LogP contribution in [0.3, 0.4) is 0 Å². The average Bonchev–Trinajstić information content (AvgIpc) is 3.86. The molecule has 0 aliphatic heterocycles. The Labute approximate surface area is 296 Å². The van der Waals surface area contributed by atoms with E-state index in [0.29, 0.717) is 0 Å². The number of hydrogen-bond donors (Lipinski definition) is 0. The summed E-state index contributed by atoms with van der Waals surface area (Å²) in [5, 5.41) is 7.26. The third kappa shape index (κ3) is 4.45. The summed E-state index contributed by atoms with van der Waals surface area (Å²) in [6.45, 7) is 0. The maximum absolute atomic E-state index is 6.35. The molecule has 0 aliphatic carbocycles. The van der Waals surface area contributed by atoms with Crippen LogP contribution < -0.4 is 0 Å². The summed E-state index contributed by atoms with van der Waals surface area (Å²) in [5.74, 6) is 0. The van der Waals surface area contributed by atoms with Gasteiger partial charge in [0.25, 0.3) is 0 Å². The second-order valence-electron chi connectivity index (χ2n) is 13.0. The molecular formula is C46H27N3OS. The molecule has 4 nitrogen and oxygen atoms in total. The van der Waals surface area contributed by atoms with E-state index in [1.54, 1.807) is 0 Å². The molecule has 5 heterocycles. The van der Waals surface area contributed by atoms with Crippen molar-refractivity contribution in [1.29, 1.82) is 0 Å². The van der Waals surface area contributed by atoms with E-state index in [1.165, 1.54) is 47.5 Å². The zero-order valence-electron chi connectivity index (χ0n) is 27.2. The number of pyridine rings is 2. The Kier molecular flexibility index (Phi) is 6.09. The lowest BCUT2D eigenvalue weighted by molar-refractivity contribution is 0.669. The minimum atomic E-state index is 0.835. The molecule has 11 aromatic rings. The Morgan fingerprint density at radius 2 is 0.941 bits per heavy atom. The molecule has 6 aromatic carbocycles. The van der Waals surface area contributed by atoms with E-state index in [1.807, 2.05) is 23.7 Å². The van der Waals surface area contributed by atoms with E-state index >= 15 is 0 Å². The molecule has 0 saturated heterocycles. The lowest BCUT2D eigenvalue weighted by atomic mass is 10.0. The molecule has 0 amide bonds. The molecule has 5 heteroatoms. The molecule has 238 valence electrons. The highest BCUT2D eigenvalue weighted by Crippen LogP contribution is 2.39. The number of nitrogens with zero attached hydrogens (tertiary/aromatic N) is 3. The summed E-state index contributed by atoms with van der Waals surface area (Å²) >= 11 is 1.84. The number of fused-ring (bicyclic) bond motifs is 9. The van der Waals surface area contributed by atoms with Crippen molar-refractivity contribution >= 4 is 75.3 Å². The van der Waals surface area contributed by atoms with Crippen molar-refractivity contribution in [1.82, 2.24) is 14.5 Å². The maximum atomic E-state index is 6.35. The van der Waals surface area contributed by atoms with Crippen molar-refractivity contribution in [3.8, 4) is 39.3 Å². The molecule has 0 spiro atoms. The Morgan fingerprint density at radius 3 is 1.65 bits per heavy atom. The topological polar surface area (TPSA) is 43.9 Å². The Balaban J connectivity index is 0.989. The Morgan fingerprint density at radius 1 is 0.412 bits per heavy atom. The quantitative estimate of drug-likeness (QED) is 0.187. The fraction of sp³-hybridized carbons (Fsp3) is 0. The lowest BCUT2D eigenvalue weighted by Gasteiger charge is -2.08. The number of hydrogen-bond acceptors (Lipinski definition) is 4. The van der Waals surface area contributed by atoms with Gasteiger partial charge in [0, 0.05) is 59.8 Å². The number of para-hydroxylation sites is 2. The molecule has 0 radical (unpaired) electrons. The van der Waals surface area contributed by atoms with Crippen LogP contribution in [0.2, 0.25) is 0 Å². The van der Waals surface area contributed by atoms with E-state index < -0.39 is 0 Å². The van der Waals surface area contributed by atoms with Gasteiger partial charge in [-0.3, -0.25) is 9.97 Å². The Bertz CT molecular complexity index is 3110. The molecule has 51 heavy (non-hydrogen) atoms. The van der Waals surface area contributed by atoms with E-state index in [0.717, 1.165) is 55.7 Å². The van der Waals surface area contributed by atoms with Crippen molar-refractivity contribution in [3.05, 3.63) is 164 Å². The highest BCUT2D eigenvalue weighted by molar-refractivity contribution is 7.25. The second-order valence-corrected chi connectivity index (χ2v) is 14.1. The van der Waals surface area contributed by atoms with Gasteiger partial charge < -0.3 is 8.98 Å². The fourth-order valence-corrected chi connectivity index (χ4v) is 8.78. The van der Waals surface area contributed by atoms with Crippen molar-refractivity contribution in [2.24, 2.45) is 0 Å². The molecule has 0 atom stereocenters. The van der Waals surface area contributed by atoms with Crippen LogP contribution in [0.15, 0.2) is 168 Å². The predicted molar refractivity (Wildman–Crippen MR) is 213 cm³/mol.